The van der Waals surface area contributed by atoms with Crippen molar-refractivity contribution in [1.29, 1.82) is 0 Å². The van der Waals surface area contributed by atoms with Gasteiger partial charge >= 0.3 is 0 Å². The summed E-state index contributed by atoms with van der Waals surface area (Å²) in [6, 6.07) is 1.38. The van der Waals surface area contributed by atoms with Gasteiger partial charge in [-0.3, -0.25) is 9.80 Å². The Bertz CT molecular complexity index is 222. The lowest BCUT2D eigenvalue weighted by molar-refractivity contribution is 0.0207. The molecular weight excluding hydrogens is 200 g/mol. The van der Waals surface area contributed by atoms with Gasteiger partial charge in [0.2, 0.25) is 0 Å². The molecule has 2 aliphatic rings. The Morgan fingerprint density at radius 1 is 1.38 bits per heavy atom. The van der Waals surface area contributed by atoms with Crippen molar-refractivity contribution in [3.8, 4) is 0 Å². The Balaban J connectivity index is 1.84. The second-order valence-electron chi connectivity index (χ2n) is 5.54. The zero-order valence-corrected chi connectivity index (χ0v) is 10.7. The molecule has 0 spiro atoms. The highest BCUT2D eigenvalue weighted by atomic mass is 16.3. The van der Waals surface area contributed by atoms with Crippen LogP contribution in [0, 0.1) is 0 Å². The van der Waals surface area contributed by atoms with E-state index in [0.717, 1.165) is 25.4 Å². The summed E-state index contributed by atoms with van der Waals surface area (Å²) in [5.74, 6) is 0. The quantitative estimate of drug-likeness (QED) is 0.783. The van der Waals surface area contributed by atoms with Gasteiger partial charge in [-0.25, -0.2) is 0 Å². The van der Waals surface area contributed by atoms with Crippen LogP contribution in [0.4, 0.5) is 0 Å². The molecule has 0 saturated carbocycles. The highest BCUT2D eigenvalue weighted by molar-refractivity contribution is 4.91. The molecule has 2 saturated heterocycles. The first-order valence-electron chi connectivity index (χ1n) is 6.87. The number of nitrogens with zero attached hydrogens (tertiary/aromatic N) is 2. The first-order valence-corrected chi connectivity index (χ1v) is 6.87. The van der Waals surface area contributed by atoms with Crippen LogP contribution in [0.3, 0.4) is 0 Å². The van der Waals surface area contributed by atoms with Gasteiger partial charge < -0.3 is 5.11 Å². The highest BCUT2D eigenvalue weighted by Crippen LogP contribution is 2.24. The van der Waals surface area contributed by atoms with Crippen molar-refractivity contribution in [2.24, 2.45) is 0 Å². The molecule has 0 aromatic carbocycles. The Kier molecular flexibility index (Phi) is 4.22. The maximum Gasteiger partial charge on any atom is 0.0667 e. The zero-order valence-electron chi connectivity index (χ0n) is 10.7. The molecule has 3 heteroatoms. The van der Waals surface area contributed by atoms with Crippen molar-refractivity contribution in [2.45, 2.75) is 57.7 Å². The fourth-order valence-corrected chi connectivity index (χ4v) is 3.20. The Hall–Kier alpha value is -0.120. The van der Waals surface area contributed by atoms with Crippen LogP contribution < -0.4 is 0 Å². The molecule has 0 aromatic rings. The Morgan fingerprint density at radius 2 is 2.19 bits per heavy atom. The topological polar surface area (TPSA) is 26.7 Å². The lowest BCUT2D eigenvalue weighted by atomic mass is 10.1. The molecule has 2 fully saturated rings. The van der Waals surface area contributed by atoms with Crippen LogP contribution in [0.5, 0.6) is 0 Å². The van der Waals surface area contributed by atoms with E-state index in [9.17, 15) is 5.11 Å². The van der Waals surface area contributed by atoms with Gasteiger partial charge in [-0.15, -0.1) is 0 Å². The molecule has 94 valence electrons. The second kappa shape index (κ2) is 5.48. The zero-order chi connectivity index (χ0) is 11.5. The number of β-amino-alcohol motifs (C(OH)–C–C–N with tert-alkyl or cyclic N) is 1. The third-order valence-electron chi connectivity index (χ3n) is 4.13. The molecule has 3 unspecified atom stereocenters. The van der Waals surface area contributed by atoms with E-state index in [1.54, 1.807) is 0 Å². The van der Waals surface area contributed by atoms with Gasteiger partial charge in [-0.1, -0.05) is 13.3 Å². The lowest BCUT2D eigenvalue weighted by Crippen LogP contribution is -2.56. The van der Waals surface area contributed by atoms with Crippen LogP contribution in [0.25, 0.3) is 0 Å². The van der Waals surface area contributed by atoms with Gasteiger partial charge in [-0.05, 0) is 32.7 Å². The van der Waals surface area contributed by atoms with Crippen LogP contribution >= 0.6 is 0 Å². The monoisotopic (exact) mass is 226 g/mol. The summed E-state index contributed by atoms with van der Waals surface area (Å²) in [5.41, 5.74) is 0. The number of rotatable bonds is 4. The molecule has 2 aliphatic heterocycles. The first kappa shape index (κ1) is 12.3. The first-order chi connectivity index (χ1) is 7.70. The van der Waals surface area contributed by atoms with Crippen LogP contribution in [-0.2, 0) is 0 Å². The smallest absolute Gasteiger partial charge is 0.0667 e. The van der Waals surface area contributed by atoms with E-state index in [4.69, 9.17) is 0 Å². The summed E-state index contributed by atoms with van der Waals surface area (Å²) < 4.78 is 0. The standard InChI is InChI=1S/C13H26N2O/c1-3-5-13(16)10-15-9-12-6-4-7-14(12)8-11(15)2/h11-13,16H,3-10H2,1-2H3. The molecule has 3 atom stereocenters. The molecule has 0 amide bonds. The van der Waals surface area contributed by atoms with E-state index >= 15 is 0 Å². The van der Waals surface area contributed by atoms with Gasteiger partial charge in [0.15, 0.2) is 0 Å². The van der Waals surface area contributed by atoms with E-state index < -0.39 is 0 Å². The van der Waals surface area contributed by atoms with Gasteiger partial charge in [0, 0.05) is 31.7 Å². The van der Waals surface area contributed by atoms with E-state index in [2.05, 4.69) is 23.6 Å². The van der Waals surface area contributed by atoms with E-state index in [1.807, 2.05) is 0 Å². The number of aliphatic hydroxyl groups is 1. The second-order valence-corrected chi connectivity index (χ2v) is 5.54. The maximum atomic E-state index is 9.90. The fraction of sp³-hybridized carbons (Fsp3) is 1.00. The molecule has 0 aliphatic carbocycles. The summed E-state index contributed by atoms with van der Waals surface area (Å²) in [7, 11) is 0. The number of fused-ring (bicyclic) bond motifs is 1. The van der Waals surface area contributed by atoms with Crippen molar-refractivity contribution in [3.05, 3.63) is 0 Å². The molecule has 3 nitrogen and oxygen atoms in total. The number of hydrogen-bond acceptors (Lipinski definition) is 3. The molecule has 0 radical (unpaired) electrons. The van der Waals surface area contributed by atoms with Gasteiger partial charge in [-0.2, -0.15) is 0 Å². The summed E-state index contributed by atoms with van der Waals surface area (Å²) >= 11 is 0. The van der Waals surface area contributed by atoms with Crippen molar-refractivity contribution in [2.75, 3.05) is 26.2 Å². The van der Waals surface area contributed by atoms with Crippen molar-refractivity contribution in [3.63, 3.8) is 0 Å². The van der Waals surface area contributed by atoms with E-state index in [-0.39, 0.29) is 6.10 Å². The molecule has 0 aromatic heterocycles. The van der Waals surface area contributed by atoms with E-state index in [0.29, 0.717) is 6.04 Å². The molecule has 2 rings (SSSR count). The third kappa shape index (κ3) is 2.76. The predicted octanol–water partition coefficient (Wildman–Crippen LogP) is 1.32. The Labute approximate surface area is 99.4 Å². The molecule has 16 heavy (non-hydrogen) atoms. The highest BCUT2D eigenvalue weighted by Gasteiger charge is 2.34. The summed E-state index contributed by atoms with van der Waals surface area (Å²) in [6.45, 7) is 8.97. The van der Waals surface area contributed by atoms with Crippen molar-refractivity contribution in [1.82, 2.24) is 9.80 Å². The number of hydrogen-bond donors (Lipinski definition) is 1. The predicted molar refractivity (Wildman–Crippen MR) is 66.5 cm³/mol. The SMILES string of the molecule is CCCC(O)CN1CC2CCCN2CC1C. The molecule has 2 heterocycles. The minimum atomic E-state index is -0.125. The van der Waals surface area contributed by atoms with E-state index in [1.165, 1.54) is 32.5 Å². The third-order valence-corrected chi connectivity index (χ3v) is 4.13. The molecular formula is C13H26N2O. The lowest BCUT2D eigenvalue weighted by Gasteiger charge is -2.43. The van der Waals surface area contributed by atoms with Crippen LogP contribution in [0.1, 0.15) is 39.5 Å². The minimum absolute atomic E-state index is 0.125. The van der Waals surface area contributed by atoms with Gasteiger partial charge in [0.05, 0.1) is 6.10 Å². The summed E-state index contributed by atoms with van der Waals surface area (Å²) in [4.78, 5) is 5.13. The van der Waals surface area contributed by atoms with Crippen LogP contribution in [0.2, 0.25) is 0 Å². The average Bonchev–Trinajstić information content (AvgIpc) is 2.65. The fourth-order valence-electron chi connectivity index (χ4n) is 3.20. The Morgan fingerprint density at radius 3 is 2.94 bits per heavy atom. The van der Waals surface area contributed by atoms with Crippen molar-refractivity contribution >= 4 is 0 Å². The maximum absolute atomic E-state index is 9.90. The number of aliphatic hydroxyl groups excluding tert-OH is 1. The average molecular weight is 226 g/mol. The summed E-state index contributed by atoms with van der Waals surface area (Å²) in [5, 5.41) is 9.90. The van der Waals surface area contributed by atoms with Crippen LogP contribution in [-0.4, -0.2) is 59.3 Å². The molecule has 0 bridgehead atoms. The summed E-state index contributed by atoms with van der Waals surface area (Å²) in [6.07, 6.45) is 4.62. The minimum Gasteiger partial charge on any atom is -0.392 e. The van der Waals surface area contributed by atoms with Crippen LogP contribution in [0.15, 0.2) is 0 Å². The largest absolute Gasteiger partial charge is 0.392 e. The molecule has 1 N–H and O–H groups in total. The normalized spacial score (nSPS) is 33.9. The number of piperazine rings is 1. The van der Waals surface area contributed by atoms with Crippen molar-refractivity contribution < 1.29 is 5.11 Å². The van der Waals surface area contributed by atoms with Gasteiger partial charge in [0.25, 0.3) is 0 Å². The van der Waals surface area contributed by atoms with Gasteiger partial charge in [0.1, 0.15) is 0 Å².